The van der Waals surface area contributed by atoms with Gasteiger partial charge in [-0.3, -0.25) is 14.6 Å². The number of nitrogens with zero attached hydrogens (tertiary/aromatic N) is 1. The molecule has 0 fully saturated rings. The van der Waals surface area contributed by atoms with Crippen LogP contribution in [-0.4, -0.2) is 44.4 Å². The molecular weight excluding hydrogens is 468 g/mol. The van der Waals surface area contributed by atoms with E-state index in [-0.39, 0.29) is 10.6 Å². The lowest BCUT2D eigenvalue weighted by atomic mass is 10.1. The van der Waals surface area contributed by atoms with Crippen LogP contribution in [0.2, 0.25) is 0 Å². The maximum atomic E-state index is 13.6. The third-order valence-electron chi connectivity index (χ3n) is 5.41. The molecule has 1 aliphatic heterocycles. The number of para-hydroxylation sites is 1. The molecule has 0 bridgehead atoms. The highest BCUT2D eigenvalue weighted by molar-refractivity contribution is 7.91. The minimum Gasteiger partial charge on any atom is -0.481 e. The van der Waals surface area contributed by atoms with Crippen molar-refractivity contribution >= 4 is 39.0 Å². The van der Waals surface area contributed by atoms with Crippen LogP contribution < -0.4 is 16.0 Å². The monoisotopic (exact) mass is 492 g/mol. The molecule has 3 aromatic rings. The standard InChI is InChI=1S/C25H24N4O5S/c30-23(31)16-22(17-7-2-1-3-8-17)35(33,34)21-12-5-4-11-20(21)29-24(32)18-9-6-10-19(15-18)28-25-26-13-14-27-25/h1-12,15,22H,13-14,16H2,(H,29,32)(H,30,31)(H2,26,27,28). The van der Waals surface area contributed by atoms with E-state index in [4.69, 9.17) is 0 Å². The van der Waals surface area contributed by atoms with Gasteiger partial charge in [-0.05, 0) is 35.9 Å². The SMILES string of the molecule is O=C(O)CC(c1ccccc1)S(=O)(=O)c1ccccc1NC(=O)c1cccc(NC2=NCCN2)c1. The zero-order valence-corrected chi connectivity index (χ0v) is 19.5. The summed E-state index contributed by atoms with van der Waals surface area (Å²) in [4.78, 5) is 28.6. The molecule has 1 amide bonds. The van der Waals surface area contributed by atoms with Crippen LogP contribution in [-0.2, 0) is 14.6 Å². The maximum absolute atomic E-state index is 13.6. The average Bonchev–Trinajstić information content (AvgIpc) is 3.36. The first-order valence-corrected chi connectivity index (χ1v) is 12.5. The van der Waals surface area contributed by atoms with E-state index in [0.717, 1.165) is 6.54 Å². The van der Waals surface area contributed by atoms with Crippen molar-refractivity contribution in [1.29, 1.82) is 0 Å². The number of hydrogen-bond acceptors (Lipinski definition) is 7. The normalized spacial score (nSPS) is 13.9. The maximum Gasteiger partial charge on any atom is 0.305 e. The van der Waals surface area contributed by atoms with Crippen molar-refractivity contribution in [2.24, 2.45) is 4.99 Å². The Morgan fingerprint density at radius 3 is 2.46 bits per heavy atom. The van der Waals surface area contributed by atoms with E-state index in [0.29, 0.717) is 29.3 Å². The van der Waals surface area contributed by atoms with Crippen molar-refractivity contribution in [3.8, 4) is 0 Å². The highest BCUT2D eigenvalue weighted by atomic mass is 32.2. The first kappa shape index (κ1) is 24.0. The second kappa shape index (κ2) is 10.4. The highest BCUT2D eigenvalue weighted by Crippen LogP contribution is 2.35. The van der Waals surface area contributed by atoms with Crippen molar-refractivity contribution in [2.75, 3.05) is 23.7 Å². The molecule has 4 N–H and O–H groups in total. The van der Waals surface area contributed by atoms with E-state index in [1.807, 2.05) is 0 Å². The molecule has 0 saturated carbocycles. The van der Waals surface area contributed by atoms with Crippen LogP contribution in [0.1, 0.15) is 27.6 Å². The molecule has 35 heavy (non-hydrogen) atoms. The minimum atomic E-state index is -4.16. The van der Waals surface area contributed by atoms with Crippen LogP contribution >= 0.6 is 0 Å². The number of nitrogens with one attached hydrogen (secondary N) is 3. The molecule has 180 valence electrons. The second-order valence-electron chi connectivity index (χ2n) is 7.86. The van der Waals surface area contributed by atoms with Gasteiger partial charge in [-0.2, -0.15) is 0 Å². The van der Waals surface area contributed by atoms with Crippen molar-refractivity contribution in [3.05, 3.63) is 90.0 Å². The number of amides is 1. The van der Waals surface area contributed by atoms with E-state index in [9.17, 15) is 23.1 Å². The molecule has 10 heteroatoms. The number of aliphatic imine (C=N–C) groups is 1. The molecule has 0 saturated heterocycles. The van der Waals surface area contributed by atoms with Gasteiger partial charge in [-0.25, -0.2) is 8.42 Å². The fourth-order valence-electron chi connectivity index (χ4n) is 3.76. The van der Waals surface area contributed by atoms with Gasteiger partial charge >= 0.3 is 5.97 Å². The first-order valence-electron chi connectivity index (χ1n) is 10.9. The number of carboxylic acid groups (broad SMARTS) is 1. The summed E-state index contributed by atoms with van der Waals surface area (Å²) in [5.74, 6) is -1.13. The summed E-state index contributed by atoms with van der Waals surface area (Å²) < 4.78 is 27.2. The van der Waals surface area contributed by atoms with Gasteiger partial charge in [0, 0.05) is 17.8 Å². The molecule has 3 aromatic carbocycles. The summed E-state index contributed by atoms with van der Waals surface area (Å²) in [7, 11) is -4.16. The van der Waals surface area contributed by atoms with Gasteiger partial charge in [-0.1, -0.05) is 48.5 Å². The number of anilines is 2. The van der Waals surface area contributed by atoms with Crippen molar-refractivity contribution in [2.45, 2.75) is 16.6 Å². The van der Waals surface area contributed by atoms with Gasteiger partial charge in [0.1, 0.15) is 5.25 Å². The van der Waals surface area contributed by atoms with E-state index in [1.54, 1.807) is 60.7 Å². The Balaban J connectivity index is 1.62. The minimum absolute atomic E-state index is 0.0732. The lowest BCUT2D eigenvalue weighted by Crippen LogP contribution is -2.26. The average molecular weight is 493 g/mol. The van der Waals surface area contributed by atoms with Crippen LogP contribution in [0.25, 0.3) is 0 Å². The molecule has 0 spiro atoms. The van der Waals surface area contributed by atoms with Gasteiger partial charge in [0.25, 0.3) is 5.91 Å². The van der Waals surface area contributed by atoms with Crippen LogP contribution in [0.15, 0.2) is 88.8 Å². The molecule has 1 atom stereocenters. The number of sulfone groups is 1. The van der Waals surface area contributed by atoms with Crippen LogP contribution in [0, 0.1) is 0 Å². The zero-order chi connectivity index (χ0) is 24.8. The third-order valence-corrected chi connectivity index (χ3v) is 7.57. The largest absolute Gasteiger partial charge is 0.481 e. The summed E-state index contributed by atoms with van der Waals surface area (Å²) in [5.41, 5.74) is 1.39. The third kappa shape index (κ3) is 5.67. The van der Waals surface area contributed by atoms with E-state index < -0.39 is 33.4 Å². The summed E-state index contributed by atoms with van der Waals surface area (Å²) in [6, 6.07) is 20.9. The molecule has 1 heterocycles. The van der Waals surface area contributed by atoms with E-state index in [1.165, 1.54) is 18.2 Å². The number of benzene rings is 3. The van der Waals surface area contributed by atoms with Crippen LogP contribution in [0.5, 0.6) is 0 Å². The number of carbonyl (C=O) groups is 2. The number of carbonyl (C=O) groups excluding carboxylic acids is 1. The molecule has 0 aromatic heterocycles. The zero-order valence-electron chi connectivity index (χ0n) is 18.6. The number of rotatable bonds is 8. The van der Waals surface area contributed by atoms with Gasteiger partial charge in [-0.15, -0.1) is 0 Å². The number of guanidine groups is 1. The van der Waals surface area contributed by atoms with Gasteiger partial charge in [0.2, 0.25) is 0 Å². The van der Waals surface area contributed by atoms with Gasteiger partial charge in [0.15, 0.2) is 15.8 Å². The number of carboxylic acids is 1. The van der Waals surface area contributed by atoms with Gasteiger partial charge < -0.3 is 21.1 Å². The van der Waals surface area contributed by atoms with E-state index in [2.05, 4.69) is 20.9 Å². The fraction of sp³-hybridized carbons (Fsp3) is 0.160. The lowest BCUT2D eigenvalue weighted by molar-refractivity contribution is -0.137. The number of hydrogen-bond donors (Lipinski definition) is 4. The Hall–Kier alpha value is -4.18. The molecule has 1 unspecified atom stereocenters. The Bertz CT molecular complexity index is 1370. The molecule has 0 radical (unpaired) electrons. The summed E-state index contributed by atoms with van der Waals surface area (Å²) in [6.45, 7) is 1.40. The first-order chi connectivity index (χ1) is 16.8. The molecular formula is C25H24N4O5S. The van der Waals surface area contributed by atoms with Crippen molar-refractivity contribution in [3.63, 3.8) is 0 Å². The Labute approximate surface area is 202 Å². The van der Waals surface area contributed by atoms with Crippen molar-refractivity contribution in [1.82, 2.24) is 5.32 Å². The predicted octanol–water partition coefficient (Wildman–Crippen LogP) is 3.30. The molecule has 9 nitrogen and oxygen atoms in total. The van der Waals surface area contributed by atoms with Crippen LogP contribution in [0.4, 0.5) is 11.4 Å². The predicted molar refractivity (Wildman–Crippen MR) is 133 cm³/mol. The fourth-order valence-corrected chi connectivity index (χ4v) is 5.63. The topological polar surface area (TPSA) is 137 Å². The van der Waals surface area contributed by atoms with E-state index >= 15 is 0 Å². The Morgan fingerprint density at radius 1 is 1.00 bits per heavy atom. The number of aliphatic carboxylic acids is 1. The molecule has 4 rings (SSSR count). The molecule has 1 aliphatic rings. The van der Waals surface area contributed by atoms with Crippen LogP contribution in [0.3, 0.4) is 0 Å². The molecule has 0 aliphatic carbocycles. The van der Waals surface area contributed by atoms with Crippen molar-refractivity contribution < 1.29 is 23.1 Å². The summed E-state index contributed by atoms with van der Waals surface area (Å²) >= 11 is 0. The highest BCUT2D eigenvalue weighted by Gasteiger charge is 2.33. The van der Waals surface area contributed by atoms with Gasteiger partial charge in [0.05, 0.1) is 23.5 Å². The quantitative estimate of drug-likeness (QED) is 0.379. The Kier molecular flexibility index (Phi) is 7.11. The second-order valence-corrected chi connectivity index (χ2v) is 9.95. The summed E-state index contributed by atoms with van der Waals surface area (Å²) in [5, 5.41) is 16.9. The smallest absolute Gasteiger partial charge is 0.305 e. The summed E-state index contributed by atoms with van der Waals surface area (Å²) in [6.07, 6.45) is -0.611. The lowest BCUT2D eigenvalue weighted by Gasteiger charge is -2.19. The Morgan fingerprint density at radius 2 is 1.74 bits per heavy atom.